The van der Waals surface area contributed by atoms with Crippen LogP contribution in [0.15, 0.2) is 120 Å². The zero-order valence-electron chi connectivity index (χ0n) is 22.1. The van der Waals surface area contributed by atoms with Crippen LogP contribution < -0.4 is 0 Å². The van der Waals surface area contributed by atoms with Crippen molar-refractivity contribution in [3.05, 3.63) is 120 Å². The van der Waals surface area contributed by atoms with Crippen molar-refractivity contribution in [2.75, 3.05) is 13.0 Å². The Morgan fingerprint density at radius 2 is 0.718 bits per heavy atom. The molecule has 0 aliphatic carbocycles. The molecule has 0 nitrogen and oxygen atoms in total. The second-order valence-corrected chi connectivity index (χ2v) is 9.55. The Hall–Kier alpha value is -2.31. The van der Waals surface area contributed by atoms with E-state index in [1.807, 2.05) is 5.83 Å². The van der Waals surface area contributed by atoms with Crippen LogP contribution in [0.5, 0.6) is 0 Å². The van der Waals surface area contributed by atoms with Crippen LogP contribution in [0.3, 0.4) is 0 Å². The number of hydrogen-bond acceptors (Lipinski definition) is 0. The van der Waals surface area contributed by atoms with Gasteiger partial charge >= 0.3 is 0 Å². The average Bonchev–Trinajstić information content (AvgIpc) is 3.02. The van der Waals surface area contributed by atoms with Gasteiger partial charge in [-0.05, 0) is 76.5 Å². The molecule has 0 fully saturated rings. The topological polar surface area (TPSA) is 0 Å². The van der Waals surface area contributed by atoms with E-state index in [0.717, 1.165) is 0 Å². The zero-order valence-corrected chi connectivity index (χ0v) is 27.4. The molecule has 0 atom stereocenters. The van der Waals surface area contributed by atoms with Crippen molar-refractivity contribution in [3.8, 4) is 0 Å². The molecule has 8 rings (SSSR count). The summed E-state index contributed by atoms with van der Waals surface area (Å²) in [6, 6.07) is 41.5. The summed E-state index contributed by atoms with van der Waals surface area (Å²) >= 11 is 12.1. The SMILES string of the molecule is BrBr.Brc1ccc2ccc3cccc4ccc1c2c34.CBr.[2H]CF.c1cc2ccc3cccc4ccc(c1)c2c34. The summed E-state index contributed by atoms with van der Waals surface area (Å²) < 4.78 is 16.7. The molecular formula is C34H25Br4F. The van der Waals surface area contributed by atoms with Crippen LogP contribution >= 0.6 is 60.1 Å². The molecule has 0 saturated carbocycles. The fraction of sp³-hybridized carbons (Fsp3) is 0.0588. The third-order valence-electron chi connectivity index (χ3n) is 6.87. The maximum atomic E-state index is 9.96. The van der Waals surface area contributed by atoms with Gasteiger partial charge in [-0.15, -0.1) is 0 Å². The molecule has 0 unspecified atom stereocenters. The van der Waals surface area contributed by atoms with Crippen LogP contribution in [-0.2, 0) is 0 Å². The van der Waals surface area contributed by atoms with Crippen LogP contribution in [0, 0.1) is 0 Å². The van der Waals surface area contributed by atoms with Gasteiger partial charge < -0.3 is 0 Å². The molecule has 0 radical (unpaired) electrons. The first-order valence-corrected chi connectivity index (χ1v) is 18.1. The lowest BCUT2D eigenvalue weighted by Gasteiger charge is -2.11. The van der Waals surface area contributed by atoms with Gasteiger partial charge in [-0.2, -0.15) is 0 Å². The highest BCUT2D eigenvalue weighted by molar-refractivity contribution is 9.93. The lowest BCUT2D eigenvalue weighted by Crippen LogP contribution is -1.83. The molecule has 0 N–H and O–H groups in total. The number of benzene rings is 8. The minimum atomic E-state index is -1.00. The first-order chi connectivity index (χ1) is 19.7. The molecule has 0 aliphatic rings. The third kappa shape index (κ3) is 5.65. The van der Waals surface area contributed by atoms with E-state index < -0.39 is 7.15 Å². The second kappa shape index (κ2) is 13.8. The van der Waals surface area contributed by atoms with E-state index in [-0.39, 0.29) is 0 Å². The largest absolute Gasteiger partial charge is 0.255 e. The normalized spacial score (nSPS) is 10.8. The summed E-state index contributed by atoms with van der Waals surface area (Å²) in [6.45, 7) is 0. The van der Waals surface area contributed by atoms with Gasteiger partial charge in [-0.25, -0.2) is 0 Å². The molecule has 5 heteroatoms. The first-order valence-electron chi connectivity index (χ1n) is 12.7. The number of alkyl halides is 2. The fourth-order valence-corrected chi connectivity index (χ4v) is 5.83. The Balaban J connectivity index is 0.000000152. The summed E-state index contributed by atoms with van der Waals surface area (Å²) in [5, 5.41) is 16.1. The standard InChI is InChI=1S/C16H9Br.C16H10.CH3Br.CH3F.Br2/c17-14-9-7-12-5-4-10-2-1-3-11-6-8-13(14)16(12)15(10)11;1-3-11-7-9-13-5-2-6-14-10-8-12(4-1)15(11)16(13)14;3*1-2/h1-9H;1-10H;2*1H3;/i;;;1D;. The summed E-state index contributed by atoms with van der Waals surface area (Å²) in [4.78, 5) is 0. The molecule has 0 heterocycles. The summed E-state index contributed by atoms with van der Waals surface area (Å²) in [5.74, 6) is 1.81. The van der Waals surface area contributed by atoms with E-state index in [1.165, 1.54) is 69.1 Å². The summed E-state index contributed by atoms with van der Waals surface area (Å²) in [5.41, 5.74) is 0. The summed E-state index contributed by atoms with van der Waals surface area (Å²) in [7, 11) is -1.00. The molecule has 0 bridgehead atoms. The van der Waals surface area contributed by atoms with Crippen LogP contribution in [0.25, 0.3) is 64.6 Å². The molecule has 39 heavy (non-hydrogen) atoms. The van der Waals surface area contributed by atoms with Crippen LogP contribution in [-0.4, -0.2) is 13.0 Å². The van der Waals surface area contributed by atoms with Crippen molar-refractivity contribution in [1.29, 1.82) is 0 Å². The van der Waals surface area contributed by atoms with Crippen molar-refractivity contribution in [1.82, 2.24) is 0 Å². The highest BCUT2D eigenvalue weighted by Gasteiger charge is 2.09. The minimum absolute atomic E-state index is 1.00. The number of halogens is 5. The Labute approximate surface area is 261 Å². The van der Waals surface area contributed by atoms with Crippen molar-refractivity contribution in [2.24, 2.45) is 0 Å². The van der Waals surface area contributed by atoms with E-state index in [2.05, 4.69) is 175 Å². The Kier molecular flexibility index (Phi) is 10.0. The van der Waals surface area contributed by atoms with Gasteiger partial charge in [-0.3, -0.25) is 4.39 Å². The fourth-order valence-electron chi connectivity index (χ4n) is 5.37. The quantitative estimate of drug-likeness (QED) is 0.106. The van der Waals surface area contributed by atoms with Gasteiger partial charge in [0.25, 0.3) is 0 Å². The summed E-state index contributed by atoms with van der Waals surface area (Å²) in [6.07, 6.45) is 0. The molecule has 0 saturated heterocycles. The van der Waals surface area contributed by atoms with Crippen molar-refractivity contribution in [3.63, 3.8) is 0 Å². The first kappa shape index (κ1) is 28.2. The van der Waals surface area contributed by atoms with E-state index in [1.54, 1.807) is 0 Å². The van der Waals surface area contributed by atoms with Gasteiger partial charge in [0.2, 0.25) is 0 Å². The Morgan fingerprint density at radius 3 is 1.08 bits per heavy atom. The van der Waals surface area contributed by atoms with Crippen LogP contribution in [0.2, 0.25) is 0 Å². The average molecular weight is 773 g/mol. The van der Waals surface area contributed by atoms with Gasteiger partial charge in [0.05, 0.1) is 8.52 Å². The molecule has 8 aromatic carbocycles. The van der Waals surface area contributed by atoms with Gasteiger partial charge in [0.1, 0.15) is 0 Å². The van der Waals surface area contributed by atoms with Gasteiger partial charge in [0.15, 0.2) is 0 Å². The van der Waals surface area contributed by atoms with Crippen molar-refractivity contribution >= 4 is 125 Å². The lowest BCUT2D eigenvalue weighted by atomic mass is 9.94. The third-order valence-corrected chi connectivity index (χ3v) is 7.56. The monoisotopic (exact) mass is 769 g/mol. The molecule has 196 valence electrons. The predicted octanol–water partition coefficient (Wildman–Crippen LogP) is 13.2. The smallest absolute Gasteiger partial charge is 0.0785 e. The Bertz CT molecular complexity index is 1830. The predicted molar refractivity (Wildman–Crippen MR) is 188 cm³/mol. The molecule has 0 spiro atoms. The minimum Gasteiger partial charge on any atom is -0.255 e. The highest BCUT2D eigenvalue weighted by Crippen LogP contribution is 2.37. The molecule has 0 aromatic heterocycles. The van der Waals surface area contributed by atoms with Crippen LogP contribution in [0.4, 0.5) is 4.39 Å². The number of rotatable bonds is 0. The molecule has 8 aromatic rings. The highest BCUT2D eigenvalue weighted by atomic mass is 80.9. The van der Waals surface area contributed by atoms with Gasteiger partial charge in [0, 0.05) is 32.7 Å². The lowest BCUT2D eigenvalue weighted by molar-refractivity contribution is 0.636. The molecular weight excluding hydrogens is 747 g/mol. The zero-order chi connectivity index (χ0) is 28.6. The number of hydrogen-bond donors (Lipinski definition) is 0. The van der Waals surface area contributed by atoms with Crippen molar-refractivity contribution in [2.45, 2.75) is 0 Å². The van der Waals surface area contributed by atoms with E-state index >= 15 is 0 Å². The Morgan fingerprint density at radius 1 is 0.462 bits per heavy atom. The maximum absolute atomic E-state index is 9.96. The maximum Gasteiger partial charge on any atom is 0.0785 e. The second-order valence-electron chi connectivity index (χ2n) is 8.69. The van der Waals surface area contributed by atoms with Crippen molar-refractivity contribution < 1.29 is 5.76 Å². The van der Waals surface area contributed by atoms with E-state index in [0.29, 0.717) is 0 Å². The van der Waals surface area contributed by atoms with Gasteiger partial charge in [-0.1, -0.05) is 141 Å². The molecule has 0 amide bonds. The van der Waals surface area contributed by atoms with E-state index in [9.17, 15) is 4.39 Å². The van der Waals surface area contributed by atoms with Crippen LogP contribution in [0.1, 0.15) is 1.37 Å². The van der Waals surface area contributed by atoms with E-state index in [4.69, 9.17) is 1.37 Å². The molecule has 0 aliphatic heterocycles.